The average molecular weight is 314 g/mol. The number of halogens is 1. The van der Waals surface area contributed by atoms with Crippen LogP contribution >= 0.6 is 0 Å². The first-order valence-corrected chi connectivity index (χ1v) is 7.78. The molecule has 5 nitrogen and oxygen atoms in total. The van der Waals surface area contributed by atoms with Crippen molar-refractivity contribution in [3.05, 3.63) is 54.1 Å². The third kappa shape index (κ3) is 3.83. The molecule has 1 aliphatic heterocycles. The normalized spacial score (nSPS) is 18.0. The summed E-state index contributed by atoms with van der Waals surface area (Å²) in [5.74, 6) is -0.207. The highest BCUT2D eigenvalue weighted by atomic mass is 19.1. The maximum absolute atomic E-state index is 13.5. The number of hydrogen-bond acceptors (Lipinski definition) is 3. The highest BCUT2D eigenvalue weighted by Gasteiger charge is 2.28. The Morgan fingerprint density at radius 3 is 3.04 bits per heavy atom. The minimum Gasteiger partial charge on any atom is -0.338 e. The third-order valence-electron chi connectivity index (χ3n) is 4.06. The largest absolute Gasteiger partial charge is 0.338 e. The molecule has 23 heavy (non-hydrogen) atoms. The number of nitrogens with zero attached hydrogens (tertiary/aromatic N) is 4. The Morgan fingerprint density at radius 2 is 2.26 bits per heavy atom. The molecule has 1 aliphatic rings. The second kappa shape index (κ2) is 7.17. The number of aromatic nitrogens is 3. The molecule has 1 atom stereocenters. The summed E-state index contributed by atoms with van der Waals surface area (Å²) in [6, 6.07) is 6.69. The number of amides is 1. The summed E-state index contributed by atoms with van der Waals surface area (Å²) in [6.07, 6.45) is 9.09. The van der Waals surface area contributed by atoms with E-state index in [0.717, 1.165) is 19.4 Å². The van der Waals surface area contributed by atoms with Crippen LogP contribution in [0, 0.1) is 5.82 Å². The molecule has 1 aromatic heterocycles. The van der Waals surface area contributed by atoms with Gasteiger partial charge in [-0.3, -0.25) is 9.48 Å². The van der Waals surface area contributed by atoms with Gasteiger partial charge in [0.2, 0.25) is 5.91 Å². The van der Waals surface area contributed by atoms with Crippen molar-refractivity contribution in [2.24, 2.45) is 0 Å². The molecular weight excluding hydrogens is 295 g/mol. The lowest BCUT2D eigenvalue weighted by Gasteiger charge is -2.24. The van der Waals surface area contributed by atoms with Gasteiger partial charge in [-0.15, -0.1) is 5.10 Å². The molecule has 2 aromatic rings. The minimum absolute atomic E-state index is 0.0696. The predicted octanol–water partition coefficient (Wildman–Crippen LogP) is 2.51. The minimum atomic E-state index is -0.276. The van der Waals surface area contributed by atoms with E-state index in [-0.39, 0.29) is 24.2 Å². The van der Waals surface area contributed by atoms with Crippen LogP contribution in [0.2, 0.25) is 0 Å². The fourth-order valence-electron chi connectivity index (χ4n) is 2.91. The lowest BCUT2D eigenvalue weighted by atomic mass is 10.1. The van der Waals surface area contributed by atoms with Crippen molar-refractivity contribution < 1.29 is 9.18 Å². The Balaban J connectivity index is 1.58. The van der Waals surface area contributed by atoms with E-state index in [9.17, 15) is 9.18 Å². The van der Waals surface area contributed by atoms with Crippen molar-refractivity contribution in [3.8, 4) is 0 Å². The summed E-state index contributed by atoms with van der Waals surface area (Å²) in [5, 5.41) is 7.75. The number of likely N-dealkylation sites (tertiary alicyclic amines) is 1. The molecule has 0 N–H and O–H groups in total. The summed E-state index contributed by atoms with van der Waals surface area (Å²) >= 11 is 0. The van der Waals surface area contributed by atoms with E-state index in [0.29, 0.717) is 12.1 Å². The predicted molar refractivity (Wildman–Crippen MR) is 84.8 cm³/mol. The number of hydrogen-bond donors (Lipinski definition) is 0. The SMILES string of the molecule is O=C(C/C=C/c1ccccc1F)N1CCC[C@H]1Cn1ccnn1. The highest BCUT2D eigenvalue weighted by molar-refractivity contribution is 5.79. The molecule has 0 spiro atoms. The fraction of sp³-hybridized carbons (Fsp3) is 0.353. The molecular formula is C17H19FN4O. The maximum atomic E-state index is 13.5. The van der Waals surface area contributed by atoms with Crippen LogP contribution in [0.15, 0.2) is 42.7 Å². The molecule has 1 aromatic carbocycles. The van der Waals surface area contributed by atoms with Crippen molar-refractivity contribution in [1.82, 2.24) is 19.9 Å². The Kier molecular flexibility index (Phi) is 4.80. The molecule has 120 valence electrons. The zero-order chi connectivity index (χ0) is 16.1. The van der Waals surface area contributed by atoms with E-state index in [1.165, 1.54) is 6.07 Å². The van der Waals surface area contributed by atoms with Gasteiger partial charge in [0.1, 0.15) is 5.82 Å². The van der Waals surface area contributed by atoms with Crippen LogP contribution in [-0.4, -0.2) is 38.4 Å². The van der Waals surface area contributed by atoms with Gasteiger partial charge in [-0.25, -0.2) is 4.39 Å². The van der Waals surface area contributed by atoms with Gasteiger partial charge in [-0.1, -0.05) is 35.6 Å². The molecule has 3 rings (SSSR count). The van der Waals surface area contributed by atoms with Gasteiger partial charge >= 0.3 is 0 Å². The van der Waals surface area contributed by atoms with Crippen molar-refractivity contribution in [1.29, 1.82) is 0 Å². The van der Waals surface area contributed by atoms with Crippen molar-refractivity contribution in [3.63, 3.8) is 0 Å². The molecule has 1 saturated heterocycles. The van der Waals surface area contributed by atoms with Gasteiger partial charge in [0.25, 0.3) is 0 Å². The van der Waals surface area contributed by atoms with E-state index in [1.54, 1.807) is 47.4 Å². The number of carbonyl (C=O) groups excluding carboxylic acids is 1. The van der Waals surface area contributed by atoms with Crippen LogP contribution in [0.4, 0.5) is 4.39 Å². The van der Waals surface area contributed by atoms with Gasteiger partial charge in [0, 0.05) is 24.7 Å². The van der Waals surface area contributed by atoms with E-state index in [2.05, 4.69) is 10.3 Å². The zero-order valence-corrected chi connectivity index (χ0v) is 12.8. The van der Waals surface area contributed by atoms with Crippen molar-refractivity contribution >= 4 is 12.0 Å². The Bertz CT molecular complexity index is 684. The van der Waals surface area contributed by atoms with Crippen LogP contribution in [0.5, 0.6) is 0 Å². The van der Waals surface area contributed by atoms with Crippen LogP contribution in [0.1, 0.15) is 24.8 Å². The Labute approximate surface area is 134 Å². The summed E-state index contributed by atoms with van der Waals surface area (Å²) in [5.41, 5.74) is 0.501. The van der Waals surface area contributed by atoms with Crippen molar-refractivity contribution in [2.45, 2.75) is 31.8 Å². The van der Waals surface area contributed by atoms with Crippen LogP contribution < -0.4 is 0 Å². The smallest absolute Gasteiger partial charge is 0.226 e. The fourth-order valence-corrected chi connectivity index (χ4v) is 2.91. The lowest BCUT2D eigenvalue weighted by Crippen LogP contribution is -2.37. The molecule has 0 radical (unpaired) electrons. The first-order valence-electron chi connectivity index (χ1n) is 7.78. The molecule has 6 heteroatoms. The number of benzene rings is 1. The van der Waals surface area contributed by atoms with E-state index in [4.69, 9.17) is 0 Å². The Hall–Kier alpha value is -2.50. The third-order valence-corrected chi connectivity index (χ3v) is 4.06. The topological polar surface area (TPSA) is 51.0 Å². The first-order chi connectivity index (χ1) is 11.2. The van der Waals surface area contributed by atoms with Crippen LogP contribution in [0.25, 0.3) is 6.08 Å². The van der Waals surface area contributed by atoms with E-state index >= 15 is 0 Å². The van der Waals surface area contributed by atoms with Crippen molar-refractivity contribution in [2.75, 3.05) is 6.54 Å². The van der Waals surface area contributed by atoms with Gasteiger partial charge in [0.05, 0.1) is 18.8 Å². The van der Waals surface area contributed by atoms with Gasteiger partial charge in [-0.05, 0) is 18.9 Å². The standard InChI is InChI=1S/C17H19FN4O/c18-16-8-2-1-5-14(16)6-3-9-17(23)22-11-4-7-15(22)13-21-12-10-19-20-21/h1-3,5-6,8,10,12,15H,4,7,9,11,13H2/b6-3+/t15-/m0/s1. The van der Waals surface area contributed by atoms with Gasteiger partial charge in [0.15, 0.2) is 0 Å². The van der Waals surface area contributed by atoms with Crippen LogP contribution in [0.3, 0.4) is 0 Å². The second-order valence-corrected chi connectivity index (χ2v) is 5.64. The van der Waals surface area contributed by atoms with Crippen LogP contribution in [-0.2, 0) is 11.3 Å². The summed E-state index contributed by atoms with van der Waals surface area (Å²) in [4.78, 5) is 14.3. The Morgan fingerprint density at radius 1 is 1.39 bits per heavy atom. The maximum Gasteiger partial charge on any atom is 0.226 e. The van der Waals surface area contributed by atoms with Gasteiger partial charge in [-0.2, -0.15) is 0 Å². The second-order valence-electron chi connectivity index (χ2n) is 5.64. The zero-order valence-electron chi connectivity index (χ0n) is 12.8. The van der Waals surface area contributed by atoms with E-state index < -0.39 is 0 Å². The molecule has 1 amide bonds. The molecule has 0 bridgehead atoms. The number of rotatable bonds is 5. The summed E-state index contributed by atoms with van der Waals surface area (Å²) < 4.78 is 15.3. The molecule has 2 heterocycles. The summed E-state index contributed by atoms with van der Waals surface area (Å²) in [6.45, 7) is 1.44. The number of carbonyl (C=O) groups is 1. The quantitative estimate of drug-likeness (QED) is 0.852. The highest BCUT2D eigenvalue weighted by Crippen LogP contribution is 2.20. The monoisotopic (exact) mass is 314 g/mol. The van der Waals surface area contributed by atoms with E-state index in [1.807, 2.05) is 4.90 Å². The lowest BCUT2D eigenvalue weighted by molar-refractivity contribution is -0.131. The molecule has 0 saturated carbocycles. The average Bonchev–Trinajstić information content (AvgIpc) is 3.21. The summed E-state index contributed by atoms with van der Waals surface area (Å²) in [7, 11) is 0. The first kappa shape index (κ1) is 15.4. The van der Waals surface area contributed by atoms with Gasteiger partial charge < -0.3 is 4.90 Å². The molecule has 0 unspecified atom stereocenters. The molecule has 0 aliphatic carbocycles. The molecule has 1 fully saturated rings.